The molecule has 1 saturated heterocycles. The van der Waals surface area contributed by atoms with Gasteiger partial charge < -0.3 is 10.6 Å². The van der Waals surface area contributed by atoms with E-state index in [2.05, 4.69) is 12.0 Å². The molecule has 0 radical (unpaired) electrons. The average Bonchev–Trinajstić information content (AvgIpc) is 2.90. The second kappa shape index (κ2) is 9.09. The smallest absolute Gasteiger partial charge is 0.257 e. The normalized spacial score (nSPS) is 16.1. The first-order chi connectivity index (χ1) is 12.4. The van der Waals surface area contributed by atoms with Crippen LogP contribution in [0.15, 0.2) is 24.3 Å². The van der Waals surface area contributed by atoms with E-state index in [0.717, 1.165) is 48.4 Å². The molecule has 1 aliphatic heterocycles. The lowest BCUT2D eigenvalue weighted by Gasteiger charge is -2.33. The molecule has 0 bridgehead atoms. The lowest BCUT2D eigenvalue weighted by atomic mass is 9.90. The van der Waals surface area contributed by atoms with Gasteiger partial charge in [-0.3, -0.25) is 9.48 Å². The van der Waals surface area contributed by atoms with Gasteiger partial charge in [0.15, 0.2) is 0 Å². The predicted octanol–water partition coefficient (Wildman–Crippen LogP) is 3.82. The summed E-state index contributed by atoms with van der Waals surface area (Å²) < 4.78 is 1.87. The molecule has 27 heavy (non-hydrogen) atoms. The fourth-order valence-electron chi connectivity index (χ4n) is 3.73. The summed E-state index contributed by atoms with van der Waals surface area (Å²) in [5, 5.41) is 5.31. The van der Waals surface area contributed by atoms with Gasteiger partial charge in [0, 0.05) is 29.8 Å². The van der Waals surface area contributed by atoms with Gasteiger partial charge in [0.2, 0.25) is 0 Å². The van der Waals surface area contributed by atoms with Crippen LogP contribution < -0.4 is 5.73 Å². The zero-order valence-corrected chi connectivity index (χ0v) is 17.7. The fraction of sp³-hybridized carbons (Fsp3) is 0.500. The quantitative estimate of drug-likeness (QED) is 0.832. The SMILES string of the molecule is Cc1nn(Cc2ccccc2Cl)c(C)c1C(=O)N1CCC(C(C)N)CC1.Cl. The van der Waals surface area contributed by atoms with Crippen LogP contribution in [0.2, 0.25) is 5.02 Å². The summed E-state index contributed by atoms with van der Waals surface area (Å²) in [5.41, 5.74) is 9.39. The van der Waals surface area contributed by atoms with Crippen molar-refractivity contribution in [2.24, 2.45) is 11.7 Å². The minimum absolute atomic E-state index is 0. The van der Waals surface area contributed by atoms with Crippen LogP contribution in [0.3, 0.4) is 0 Å². The summed E-state index contributed by atoms with van der Waals surface area (Å²) in [4.78, 5) is 15.0. The number of nitrogens with zero attached hydrogens (tertiary/aromatic N) is 3. The van der Waals surface area contributed by atoms with E-state index in [0.29, 0.717) is 17.5 Å². The van der Waals surface area contributed by atoms with Crippen molar-refractivity contribution in [1.29, 1.82) is 0 Å². The summed E-state index contributed by atoms with van der Waals surface area (Å²) in [6.45, 7) is 8.00. The summed E-state index contributed by atoms with van der Waals surface area (Å²) in [7, 11) is 0. The van der Waals surface area contributed by atoms with Gasteiger partial charge in [-0.2, -0.15) is 5.10 Å². The van der Waals surface area contributed by atoms with E-state index in [1.807, 2.05) is 47.7 Å². The van der Waals surface area contributed by atoms with Crippen LogP contribution in [-0.4, -0.2) is 39.7 Å². The molecule has 1 fully saturated rings. The van der Waals surface area contributed by atoms with Crippen LogP contribution >= 0.6 is 24.0 Å². The zero-order chi connectivity index (χ0) is 18.8. The van der Waals surface area contributed by atoms with E-state index < -0.39 is 0 Å². The van der Waals surface area contributed by atoms with Crippen molar-refractivity contribution in [2.75, 3.05) is 13.1 Å². The lowest BCUT2D eigenvalue weighted by Crippen LogP contribution is -2.42. The maximum absolute atomic E-state index is 13.1. The molecule has 148 valence electrons. The first-order valence-corrected chi connectivity index (χ1v) is 9.58. The Morgan fingerprint density at radius 3 is 2.52 bits per heavy atom. The molecule has 0 spiro atoms. The van der Waals surface area contributed by atoms with E-state index in [1.165, 1.54) is 0 Å². The Kier molecular flexibility index (Phi) is 7.32. The van der Waals surface area contributed by atoms with Gasteiger partial charge in [-0.05, 0) is 51.2 Å². The number of benzene rings is 1. The van der Waals surface area contributed by atoms with Crippen molar-refractivity contribution in [3.8, 4) is 0 Å². The molecule has 1 atom stereocenters. The third-order valence-corrected chi connectivity index (χ3v) is 5.81. The van der Waals surface area contributed by atoms with Crippen LogP contribution in [0.25, 0.3) is 0 Å². The summed E-state index contributed by atoms with van der Waals surface area (Å²) in [6.07, 6.45) is 1.94. The molecule has 2 N–H and O–H groups in total. The van der Waals surface area contributed by atoms with Crippen molar-refractivity contribution in [3.63, 3.8) is 0 Å². The number of aromatic nitrogens is 2. The number of hydrogen-bond donors (Lipinski definition) is 1. The highest BCUT2D eigenvalue weighted by Crippen LogP contribution is 2.24. The van der Waals surface area contributed by atoms with Gasteiger partial charge in [0.1, 0.15) is 0 Å². The third-order valence-electron chi connectivity index (χ3n) is 5.44. The monoisotopic (exact) mass is 410 g/mol. The fourth-order valence-corrected chi connectivity index (χ4v) is 3.93. The molecular formula is C20H28Cl2N4O. The number of carbonyl (C=O) groups excluding carboxylic acids is 1. The topological polar surface area (TPSA) is 64.2 Å². The second-order valence-corrected chi connectivity index (χ2v) is 7.69. The van der Waals surface area contributed by atoms with E-state index in [1.54, 1.807) is 0 Å². The number of nitrogens with two attached hydrogens (primary N) is 1. The number of aryl methyl sites for hydroxylation is 1. The number of likely N-dealkylation sites (tertiary alicyclic amines) is 1. The van der Waals surface area contributed by atoms with Gasteiger partial charge in [-0.1, -0.05) is 29.8 Å². The van der Waals surface area contributed by atoms with E-state index in [9.17, 15) is 4.79 Å². The molecular weight excluding hydrogens is 383 g/mol. The molecule has 2 heterocycles. The number of hydrogen-bond acceptors (Lipinski definition) is 3. The first-order valence-electron chi connectivity index (χ1n) is 9.20. The highest BCUT2D eigenvalue weighted by atomic mass is 35.5. The maximum atomic E-state index is 13.1. The summed E-state index contributed by atoms with van der Waals surface area (Å²) in [5.74, 6) is 0.581. The predicted molar refractivity (Wildman–Crippen MR) is 112 cm³/mol. The number of rotatable bonds is 4. The molecule has 2 aromatic rings. The Bertz CT molecular complexity index is 795. The van der Waals surface area contributed by atoms with Gasteiger partial charge in [0.25, 0.3) is 5.91 Å². The average molecular weight is 411 g/mol. The number of amides is 1. The number of halogens is 2. The Labute approximate surface area is 172 Å². The van der Waals surface area contributed by atoms with E-state index in [4.69, 9.17) is 17.3 Å². The third kappa shape index (κ3) is 4.65. The zero-order valence-electron chi connectivity index (χ0n) is 16.1. The summed E-state index contributed by atoms with van der Waals surface area (Å²) >= 11 is 6.27. The number of carbonyl (C=O) groups is 1. The Morgan fingerprint density at radius 2 is 1.93 bits per heavy atom. The minimum Gasteiger partial charge on any atom is -0.339 e. The van der Waals surface area contributed by atoms with Gasteiger partial charge in [-0.15, -0.1) is 12.4 Å². The highest BCUT2D eigenvalue weighted by molar-refractivity contribution is 6.31. The molecule has 5 nitrogen and oxygen atoms in total. The Hall–Kier alpha value is -1.56. The first kappa shape index (κ1) is 21.7. The van der Waals surface area contributed by atoms with Gasteiger partial charge >= 0.3 is 0 Å². The molecule has 1 aromatic heterocycles. The molecule has 1 unspecified atom stereocenters. The Morgan fingerprint density at radius 1 is 1.30 bits per heavy atom. The maximum Gasteiger partial charge on any atom is 0.257 e. The molecule has 7 heteroatoms. The molecule has 1 amide bonds. The van der Waals surface area contributed by atoms with Crippen LogP contribution in [-0.2, 0) is 6.54 Å². The highest BCUT2D eigenvalue weighted by Gasteiger charge is 2.28. The lowest BCUT2D eigenvalue weighted by molar-refractivity contribution is 0.0679. The molecule has 1 aromatic carbocycles. The molecule has 3 rings (SSSR count). The second-order valence-electron chi connectivity index (χ2n) is 7.28. The van der Waals surface area contributed by atoms with Crippen LogP contribution in [0.4, 0.5) is 0 Å². The largest absolute Gasteiger partial charge is 0.339 e. The van der Waals surface area contributed by atoms with E-state index >= 15 is 0 Å². The van der Waals surface area contributed by atoms with Crippen LogP contribution in [0.1, 0.15) is 47.1 Å². The van der Waals surface area contributed by atoms with Crippen molar-refractivity contribution in [3.05, 3.63) is 51.8 Å². The standard InChI is InChI=1S/C20H27ClN4O.ClH/c1-13(22)16-8-10-24(11-9-16)20(26)19-14(2)23-25(15(19)3)12-17-6-4-5-7-18(17)21;/h4-7,13,16H,8-12,22H2,1-3H3;1H. The van der Waals surface area contributed by atoms with Crippen LogP contribution in [0.5, 0.6) is 0 Å². The molecule has 0 aliphatic carbocycles. The number of piperidine rings is 1. The molecule has 1 aliphatic rings. The summed E-state index contributed by atoms with van der Waals surface area (Å²) in [6, 6.07) is 7.92. The van der Waals surface area contributed by atoms with Crippen molar-refractivity contribution >= 4 is 29.9 Å². The molecule has 0 saturated carbocycles. The van der Waals surface area contributed by atoms with Gasteiger partial charge in [0.05, 0.1) is 17.8 Å². The van der Waals surface area contributed by atoms with E-state index in [-0.39, 0.29) is 24.4 Å². The van der Waals surface area contributed by atoms with Crippen molar-refractivity contribution < 1.29 is 4.79 Å². The Balaban J connectivity index is 0.00000261. The van der Waals surface area contributed by atoms with Crippen LogP contribution in [0, 0.1) is 19.8 Å². The van der Waals surface area contributed by atoms with Gasteiger partial charge in [-0.25, -0.2) is 0 Å². The van der Waals surface area contributed by atoms with Crippen molar-refractivity contribution in [1.82, 2.24) is 14.7 Å². The minimum atomic E-state index is 0. The van der Waals surface area contributed by atoms with Crippen molar-refractivity contribution in [2.45, 2.75) is 46.2 Å².